The molecule has 0 bridgehead atoms. The Morgan fingerprint density at radius 1 is 1.12 bits per heavy atom. The summed E-state index contributed by atoms with van der Waals surface area (Å²) in [7, 11) is 0. The fourth-order valence-electron chi connectivity index (χ4n) is 2.89. The number of benzene rings is 2. The summed E-state index contributed by atoms with van der Waals surface area (Å²) < 4.78 is 2.91. The number of rotatable bonds is 3. The second-order valence-corrected chi connectivity index (χ2v) is 5.85. The Hall–Kier alpha value is -3.48. The highest BCUT2D eigenvalue weighted by Crippen LogP contribution is 2.17. The number of hydrogen-bond donors (Lipinski definition) is 1. The maximum Gasteiger partial charge on any atom is 0.375 e. The first-order valence-corrected chi connectivity index (χ1v) is 7.72. The number of hydrogen-bond acceptors (Lipinski definition) is 4. The second-order valence-electron chi connectivity index (χ2n) is 5.85. The lowest BCUT2D eigenvalue weighted by Crippen LogP contribution is -2.24. The molecule has 0 unspecified atom stereocenters. The molecule has 2 heterocycles. The molecule has 0 aliphatic rings. The van der Waals surface area contributed by atoms with Crippen LogP contribution in [0.5, 0.6) is 0 Å². The zero-order valence-electron chi connectivity index (χ0n) is 13.4. The molecule has 7 heteroatoms. The van der Waals surface area contributed by atoms with E-state index in [2.05, 4.69) is 10.1 Å². The van der Waals surface area contributed by atoms with Crippen LogP contribution >= 0.6 is 0 Å². The van der Waals surface area contributed by atoms with Crippen molar-refractivity contribution in [3.63, 3.8) is 0 Å². The third-order valence-corrected chi connectivity index (χ3v) is 4.07. The van der Waals surface area contributed by atoms with E-state index in [1.807, 2.05) is 55.5 Å². The van der Waals surface area contributed by atoms with Crippen molar-refractivity contribution in [2.75, 3.05) is 0 Å². The molecule has 4 rings (SSSR count). The maximum atomic E-state index is 12.9. The number of carboxylic acids is 1. The van der Waals surface area contributed by atoms with Gasteiger partial charge in [0.1, 0.15) is 0 Å². The van der Waals surface area contributed by atoms with Gasteiger partial charge in [0.15, 0.2) is 0 Å². The molecule has 2 aromatic heterocycles. The van der Waals surface area contributed by atoms with Gasteiger partial charge >= 0.3 is 5.97 Å². The van der Waals surface area contributed by atoms with Gasteiger partial charge in [0.2, 0.25) is 5.65 Å². The molecule has 2 aromatic carbocycles. The van der Waals surface area contributed by atoms with Gasteiger partial charge in [-0.2, -0.15) is 4.98 Å². The Morgan fingerprint density at radius 3 is 2.60 bits per heavy atom. The molecule has 0 saturated carbocycles. The van der Waals surface area contributed by atoms with Crippen molar-refractivity contribution in [2.24, 2.45) is 0 Å². The molecule has 124 valence electrons. The summed E-state index contributed by atoms with van der Waals surface area (Å²) in [5.74, 6) is -1.66. The summed E-state index contributed by atoms with van der Waals surface area (Å²) in [4.78, 5) is 28.0. The van der Waals surface area contributed by atoms with E-state index in [1.165, 1.54) is 4.52 Å². The van der Waals surface area contributed by atoms with E-state index >= 15 is 0 Å². The van der Waals surface area contributed by atoms with Gasteiger partial charge < -0.3 is 5.11 Å². The predicted molar refractivity (Wildman–Crippen MR) is 92.0 cm³/mol. The fourth-order valence-corrected chi connectivity index (χ4v) is 2.89. The van der Waals surface area contributed by atoms with Gasteiger partial charge in [-0.05, 0) is 30.2 Å². The molecule has 0 spiro atoms. The van der Waals surface area contributed by atoms with Gasteiger partial charge in [0, 0.05) is 0 Å². The van der Waals surface area contributed by atoms with Crippen molar-refractivity contribution in [1.82, 2.24) is 19.2 Å². The zero-order chi connectivity index (χ0) is 17.6. The van der Waals surface area contributed by atoms with Gasteiger partial charge in [-0.25, -0.2) is 9.31 Å². The summed E-state index contributed by atoms with van der Waals surface area (Å²) in [6.45, 7) is 2.30. The third kappa shape index (κ3) is 2.46. The minimum absolute atomic E-state index is 0.00434. The molecule has 0 atom stereocenters. The standard InChI is InChI=1S/C18H14N4O3/c1-11-7-8-13-14(9-11)21(10-12-5-3-2-4-6-12)17(23)16-19-15(18(24)25)20-22(13)16/h2-9H,10H2,1H3,(H,24,25). The monoisotopic (exact) mass is 334 g/mol. The van der Waals surface area contributed by atoms with Crippen molar-refractivity contribution in [1.29, 1.82) is 0 Å². The van der Waals surface area contributed by atoms with Crippen LogP contribution in [-0.4, -0.2) is 30.2 Å². The van der Waals surface area contributed by atoms with Crippen molar-refractivity contribution >= 4 is 22.6 Å². The Morgan fingerprint density at radius 2 is 1.88 bits per heavy atom. The highest BCUT2D eigenvalue weighted by molar-refractivity contribution is 5.85. The fraction of sp³-hybridized carbons (Fsp3) is 0.111. The SMILES string of the molecule is Cc1ccc2c(c1)n(Cc1ccccc1)c(=O)c1nc(C(=O)O)nn12. The molecule has 25 heavy (non-hydrogen) atoms. The smallest absolute Gasteiger partial charge is 0.375 e. The Labute approximate surface area is 141 Å². The van der Waals surface area contributed by atoms with Crippen LogP contribution in [0.1, 0.15) is 21.7 Å². The van der Waals surface area contributed by atoms with E-state index in [9.17, 15) is 9.59 Å². The van der Waals surface area contributed by atoms with Crippen molar-refractivity contribution in [3.05, 3.63) is 75.8 Å². The lowest BCUT2D eigenvalue weighted by atomic mass is 10.2. The summed E-state index contributed by atoms with van der Waals surface area (Å²) >= 11 is 0. The molecule has 0 fully saturated rings. The number of aromatic carboxylic acids is 1. The highest BCUT2D eigenvalue weighted by Gasteiger charge is 2.18. The van der Waals surface area contributed by atoms with Gasteiger partial charge in [-0.15, -0.1) is 5.10 Å². The molecule has 4 aromatic rings. The Balaban J connectivity index is 2.08. The van der Waals surface area contributed by atoms with Crippen LogP contribution in [0.15, 0.2) is 53.3 Å². The summed E-state index contributed by atoms with van der Waals surface area (Å²) in [5.41, 5.74) is 2.91. The summed E-state index contributed by atoms with van der Waals surface area (Å²) in [6, 6.07) is 15.2. The number of fused-ring (bicyclic) bond motifs is 3. The van der Waals surface area contributed by atoms with Crippen LogP contribution < -0.4 is 5.56 Å². The zero-order valence-corrected chi connectivity index (χ0v) is 13.4. The minimum atomic E-state index is -1.27. The molecule has 7 nitrogen and oxygen atoms in total. The van der Waals surface area contributed by atoms with Crippen LogP contribution in [-0.2, 0) is 6.54 Å². The van der Waals surface area contributed by atoms with Crippen LogP contribution in [0.25, 0.3) is 16.7 Å². The number of carbonyl (C=O) groups is 1. The number of carboxylic acid groups (broad SMARTS) is 1. The third-order valence-electron chi connectivity index (χ3n) is 4.07. The van der Waals surface area contributed by atoms with Crippen LogP contribution in [0.4, 0.5) is 0 Å². The maximum absolute atomic E-state index is 12.9. The predicted octanol–water partition coefficient (Wildman–Crippen LogP) is 2.10. The van der Waals surface area contributed by atoms with Gasteiger partial charge in [-0.1, -0.05) is 36.4 Å². The topological polar surface area (TPSA) is 89.5 Å². The van der Waals surface area contributed by atoms with E-state index in [4.69, 9.17) is 5.11 Å². The van der Waals surface area contributed by atoms with Crippen LogP contribution in [0, 0.1) is 6.92 Å². The first kappa shape index (κ1) is 15.1. The summed E-state index contributed by atoms with van der Waals surface area (Å²) in [5, 5.41) is 13.1. The highest BCUT2D eigenvalue weighted by atomic mass is 16.4. The quantitative estimate of drug-likeness (QED) is 0.620. The second kappa shape index (κ2) is 5.55. The van der Waals surface area contributed by atoms with Crippen LogP contribution in [0.3, 0.4) is 0 Å². The molecule has 0 saturated heterocycles. The van der Waals surface area contributed by atoms with E-state index in [1.54, 1.807) is 4.57 Å². The van der Waals surface area contributed by atoms with Crippen molar-refractivity contribution in [3.8, 4) is 0 Å². The lowest BCUT2D eigenvalue weighted by molar-refractivity contribution is 0.0684. The van der Waals surface area contributed by atoms with Gasteiger partial charge in [-0.3, -0.25) is 9.36 Å². The van der Waals surface area contributed by atoms with Gasteiger partial charge in [0.05, 0.1) is 17.6 Å². The largest absolute Gasteiger partial charge is 0.475 e. The molecular weight excluding hydrogens is 320 g/mol. The van der Waals surface area contributed by atoms with E-state index in [0.29, 0.717) is 17.6 Å². The van der Waals surface area contributed by atoms with Crippen molar-refractivity contribution < 1.29 is 9.90 Å². The molecule has 0 aliphatic carbocycles. The molecule has 0 radical (unpaired) electrons. The Bertz CT molecular complexity index is 1180. The average molecular weight is 334 g/mol. The van der Waals surface area contributed by atoms with Crippen molar-refractivity contribution in [2.45, 2.75) is 13.5 Å². The Kier molecular flexibility index (Phi) is 3.35. The number of aryl methyl sites for hydroxylation is 1. The lowest BCUT2D eigenvalue weighted by Gasteiger charge is -2.12. The summed E-state index contributed by atoms with van der Waals surface area (Å²) in [6.07, 6.45) is 0. The van der Waals surface area contributed by atoms with Gasteiger partial charge in [0.25, 0.3) is 11.4 Å². The normalized spacial score (nSPS) is 11.2. The number of nitrogens with zero attached hydrogens (tertiary/aromatic N) is 4. The molecule has 0 aliphatic heterocycles. The van der Waals surface area contributed by atoms with E-state index in [-0.39, 0.29) is 11.2 Å². The number of aromatic nitrogens is 4. The first-order chi connectivity index (χ1) is 12.0. The first-order valence-electron chi connectivity index (χ1n) is 7.72. The minimum Gasteiger partial charge on any atom is -0.475 e. The van der Waals surface area contributed by atoms with Crippen LogP contribution in [0.2, 0.25) is 0 Å². The molecule has 0 amide bonds. The molecule has 1 N–H and O–H groups in total. The molecular formula is C18H14N4O3. The van der Waals surface area contributed by atoms with E-state index < -0.39 is 11.8 Å². The van der Waals surface area contributed by atoms with E-state index in [0.717, 1.165) is 11.1 Å². The average Bonchev–Trinajstić information content (AvgIpc) is 3.05.